The highest BCUT2D eigenvalue weighted by atomic mass is 16.5. The molecular formula is C16H19N7O2. The van der Waals surface area contributed by atoms with Gasteiger partial charge in [-0.05, 0) is 25.0 Å². The van der Waals surface area contributed by atoms with Gasteiger partial charge in [0.15, 0.2) is 5.82 Å². The SMILES string of the molecule is CC(C)Cc1noc([C@H](C)NC(=O)c2cccc(-n3cnnc3)n2)n1. The molecule has 0 bridgehead atoms. The first kappa shape index (κ1) is 16.7. The van der Waals surface area contributed by atoms with E-state index in [0.29, 0.717) is 23.5 Å². The summed E-state index contributed by atoms with van der Waals surface area (Å²) >= 11 is 0. The molecule has 9 nitrogen and oxygen atoms in total. The van der Waals surface area contributed by atoms with Crippen LogP contribution < -0.4 is 5.32 Å². The maximum atomic E-state index is 12.4. The van der Waals surface area contributed by atoms with Crippen molar-refractivity contribution in [2.45, 2.75) is 33.2 Å². The summed E-state index contributed by atoms with van der Waals surface area (Å²) in [6, 6.07) is 4.73. The number of hydrogen-bond donors (Lipinski definition) is 1. The van der Waals surface area contributed by atoms with Gasteiger partial charge in [0.25, 0.3) is 5.91 Å². The van der Waals surface area contributed by atoms with Gasteiger partial charge in [0.05, 0.1) is 0 Å². The second-order valence-corrected chi connectivity index (χ2v) is 6.09. The standard InChI is InChI=1S/C16H19N7O2/c1-10(2)7-13-21-16(25-22-13)11(3)19-15(24)12-5-4-6-14(20-12)23-8-17-18-9-23/h4-6,8-11H,7H2,1-3H3,(H,19,24)/t11-/m0/s1. The maximum absolute atomic E-state index is 12.4. The zero-order valence-electron chi connectivity index (χ0n) is 14.2. The summed E-state index contributed by atoms with van der Waals surface area (Å²) in [5.41, 5.74) is 0.278. The van der Waals surface area contributed by atoms with Crippen LogP contribution in [0.1, 0.15) is 49.0 Å². The fourth-order valence-corrected chi connectivity index (χ4v) is 2.24. The normalized spacial score (nSPS) is 12.3. The number of aromatic nitrogens is 6. The van der Waals surface area contributed by atoms with Gasteiger partial charge < -0.3 is 9.84 Å². The Labute approximate surface area is 144 Å². The predicted molar refractivity (Wildman–Crippen MR) is 87.9 cm³/mol. The lowest BCUT2D eigenvalue weighted by molar-refractivity contribution is 0.0927. The molecule has 0 aliphatic rings. The highest BCUT2D eigenvalue weighted by Gasteiger charge is 2.19. The first-order valence-corrected chi connectivity index (χ1v) is 7.98. The van der Waals surface area contributed by atoms with Gasteiger partial charge in [-0.3, -0.25) is 9.36 Å². The molecular weight excluding hydrogens is 322 g/mol. The van der Waals surface area contributed by atoms with Crippen LogP contribution >= 0.6 is 0 Å². The van der Waals surface area contributed by atoms with Crippen LogP contribution in [0.25, 0.3) is 5.82 Å². The summed E-state index contributed by atoms with van der Waals surface area (Å²) in [6.45, 7) is 5.94. The molecule has 3 heterocycles. The fourth-order valence-electron chi connectivity index (χ4n) is 2.24. The summed E-state index contributed by atoms with van der Waals surface area (Å²) in [6.07, 6.45) is 3.76. The van der Waals surface area contributed by atoms with Crippen LogP contribution in [-0.4, -0.2) is 35.8 Å². The highest BCUT2D eigenvalue weighted by molar-refractivity contribution is 5.92. The zero-order valence-corrected chi connectivity index (χ0v) is 14.2. The van der Waals surface area contributed by atoms with Crippen molar-refractivity contribution in [1.82, 2.24) is 35.2 Å². The van der Waals surface area contributed by atoms with Crippen molar-refractivity contribution in [2.75, 3.05) is 0 Å². The van der Waals surface area contributed by atoms with Crippen LogP contribution in [0.2, 0.25) is 0 Å². The van der Waals surface area contributed by atoms with E-state index in [1.54, 1.807) is 29.7 Å². The average Bonchev–Trinajstić information content (AvgIpc) is 3.26. The van der Waals surface area contributed by atoms with E-state index in [2.05, 4.69) is 44.5 Å². The summed E-state index contributed by atoms with van der Waals surface area (Å²) in [7, 11) is 0. The Morgan fingerprint density at radius 3 is 2.68 bits per heavy atom. The smallest absolute Gasteiger partial charge is 0.270 e. The summed E-state index contributed by atoms with van der Waals surface area (Å²) in [4.78, 5) is 21.1. The second kappa shape index (κ2) is 7.20. The Kier molecular flexibility index (Phi) is 4.82. The molecule has 0 aliphatic carbocycles. The molecule has 1 N–H and O–H groups in total. The molecule has 3 rings (SSSR count). The van der Waals surface area contributed by atoms with E-state index in [-0.39, 0.29) is 11.6 Å². The van der Waals surface area contributed by atoms with Gasteiger partial charge in [-0.2, -0.15) is 4.98 Å². The number of nitrogens with one attached hydrogen (secondary N) is 1. The monoisotopic (exact) mass is 341 g/mol. The van der Waals surface area contributed by atoms with Gasteiger partial charge in [-0.15, -0.1) is 10.2 Å². The van der Waals surface area contributed by atoms with Crippen molar-refractivity contribution in [2.24, 2.45) is 5.92 Å². The van der Waals surface area contributed by atoms with Crippen LogP contribution in [0, 0.1) is 5.92 Å². The van der Waals surface area contributed by atoms with Gasteiger partial charge in [0.1, 0.15) is 30.2 Å². The summed E-state index contributed by atoms with van der Waals surface area (Å²) in [5, 5.41) is 14.2. The fraction of sp³-hybridized carbons (Fsp3) is 0.375. The van der Waals surface area contributed by atoms with Crippen LogP contribution in [-0.2, 0) is 6.42 Å². The average molecular weight is 341 g/mol. The van der Waals surface area contributed by atoms with Gasteiger partial charge in [0.2, 0.25) is 5.89 Å². The molecule has 0 spiro atoms. The number of amides is 1. The molecule has 3 aromatic rings. The molecule has 130 valence electrons. The number of hydrogen-bond acceptors (Lipinski definition) is 7. The Hall–Kier alpha value is -3.10. The molecule has 9 heteroatoms. The van der Waals surface area contributed by atoms with Gasteiger partial charge in [0, 0.05) is 6.42 Å². The molecule has 1 atom stereocenters. The third-order valence-corrected chi connectivity index (χ3v) is 3.44. The number of rotatable bonds is 6. The molecule has 25 heavy (non-hydrogen) atoms. The third kappa shape index (κ3) is 4.06. The van der Waals surface area contributed by atoms with Gasteiger partial charge in [-0.25, -0.2) is 4.98 Å². The number of carbonyl (C=O) groups excluding carboxylic acids is 1. The van der Waals surface area contributed by atoms with Crippen molar-refractivity contribution < 1.29 is 9.32 Å². The summed E-state index contributed by atoms with van der Waals surface area (Å²) < 4.78 is 6.85. The molecule has 0 aliphatic heterocycles. The molecule has 0 radical (unpaired) electrons. The first-order chi connectivity index (χ1) is 12.0. The van der Waals surface area contributed by atoms with E-state index in [9.17, 15) is 4.79 Å². The Bertz CT molecular complexity index is 842. The molecule has 3 aromatic heterocycles. The van der Waals surface area contributed by atoms with Crippen molar-refractivity contribution in [3.05, 3.63) is 48.3 Å². The number of nitrogens with zero attached hydrogens (tertiary/aromatic N) is 6. The Balaban J connectivity index is 1.69. The minimum atomic E-state index is -0.415. The number of carbonyl (C=O) groups is 1. The minimum Gasteiger partial charge on any atom is -0.339 e. The number of pyridine rings is 1. The molecule has 0 unspecified atom stereocenters. The van der Waals surface area contributed by atoms with E-state index in [1.165, 1.54) is 12.7 Å². The van der Waals surface area contributed by atoms with Gasteiger partial charge >= 0.3 is 0 Å². The van der Waals surface area contributed by atoms with Crippen LogP contribution in [0.15, 0.2) is 35.4 Å². The topological polar surface area (TPSA) is 112 Å². The van der Waals surface area contributed by atoms with E-state index in [0.717, 1.165) is 6.42 Å². The molecule has 0 fully saturated rings. The lowest BCUT2D eigenvalue weighted by atomic mass is 10.1. The van der Waals surface area contributed by atoms with Crippen molar-refractivity contribution >= 4 is 5.91 Å². The predicted octanol–water partition coefficient (Wildman–Crippen LogP) is 1.73. The largest absolute Gasteiger partial charge is 0.339 e. The van der Waals surface area contributed by atoms with Crippen LogP contribution in [0.5, 0.6) is 0 Å². The van der Waals surface area contributed by atoms with Gasteiger partial charge in [-0.1, -0.05) is 25.1 Å². The van der Waals surface area contributed by atoms with Crippen LogP contribution in [0.3, 0.4) is 0 Å². The molecule has 1 amide bonds. The molecule has 0 aromatic carbocycles. The lowest BCUT2D eigenvalue weighted by Crippen LogP contribution is -2.28. The quantitative estimate of drug-likeness (QED) is 0.726. The maximum Gasteiger partial charge on any atom is 0.270 e. The highest BCUT2D eigenvalue weighted by Crippen LogP contribution is 2.13. The molecule has 0 saturated heterocycles. The van der Waals surface area contributed by atoms with Crippen molar-refractivity contribution in [3.8, 4) is 5.82 Å². The Morgan fingerprint density at radius 1 is 1.20 bits per heavy atom. The third-order valence-electron chi connectivity index (χ3n) is 3.44. The van der Waals surface area contributed by atoms with E-state index < -0.39 is 6.04 Å². The second-order valence-electron chi connectivity index (χ2n) is 6.09. The van der Waals surface area contributed by atoms with Crippen molar-refractivity contribution in [3.63, 3.8) is 0 Å². The van der Waals surface area contributed by atoms with E-state index in [1.807, 2.05) is 0 Å². The van der Waals surface area contributed by atoms with Crippen molar-refractivity contribution in [1.29, 1.82) is 0 Å². The first-order valence-electron chi connectivity index (χ1n) is 7.98. The Morgan fingerprint density at radius 2 is 1.96 bits per heavy atom. The lowest BCUT2D eigenvalue weighted by Gasteiger charge is -2.10. The zero-order chi connectivity index (χ0) is 17.8. The van der Waals surface area contributed by atoms with Crippen LogP contribution in [0.4, 0.5) is 0 Å². The summed E-state index contributed by atoms with van der Waals surface area (Å²) in [5.74, 6) is 1.67. The minimum absolute atomic E-state index is 0.278. The van der Waals surface area contributed by atoms with E-state index in [4.69, 9.17) is 4.52 Å². The molecule has 0 saturated carbocycles. The van der Waals surface area contributed by atoms with E-state index >= 15 is 0 Å².